The summed E-state index contributed by atoms with van der Waals surface area (Å²) >= 11 is 1.52. The average molecular weight is 423 g/mol. The molecule has 11 nitrogen and oxygen atoms in total. The molecule has 0 bridgehead atoms. The van der Waals surface area contributed by atoms with E-state index in [9.17, 15) is 14.4 Å². The van der Waals surface area contributed by atoms with Gasteiger partial charge in [0.25, 0.3) is 5.56 Å². The van der Waals surface area contributed by atoms with Gasteiger partial charge < -0.3 is 19.9 Å². The molecule has 2 aromatic heterocycles. The van der Waals surface area contributed by atoms with Gasteiger partial charge in [-0.1, -0.05) is 6.08 Å². The maximum Gasteiger partial charge on any atom is 0.303 e. The van der Waals surface area contributed by atoms with Crippen LogP contribution in [0.5, 0.6) is 0 Å². The number of fused-ring (bicyclic) bond motifs is 1. The van der Waals surface area contributed by atoms with Gasteiger partial charge in [-0.2, -0.15) is 16.7 Å². The van der Waals surface area contributed by atoms with Crippen LogP contribution >= 0.6 is 11.8 Å². The number of thioether (sulfide) groups is 1. The fourth-order valence-corrected chi connectivity index (χ4v) is 3.92. The quantitative estimate of drug-likeness (QED) is 0.363. The van der Waals surface area contributed by atoms with Gasteiger partial charge in [0.15, 0.2) is 29.6 Å². The van der Waals surface area contributed by atoms with Gasteiger partial charge in [0, 0.05) is 25.4 Å². The highest BCUT2D eigenvalue weighted by atomic mass is 32.2. The van der Waals surface area contributed by atoms with E-state index in [4.69, 9.17) is 19.9 Å². The van der Waals surface area contributed by atoms with E-state index in [1.165, 1.54) is 36.5 Å². The van der Waals surface area contributed by atoms with Gasteiger partial charge in [-0.15, -0.1) is 6.58 Å². The molecule has 0 aliphatic carbocycles. The third-order valence-electron chi connectivity index (χ3n) is 4.13. The third-order valence-corrected chi connectivity index (χ3v) is 5.17. The lowest BCUT2D eigenvalue weighted by Gasteiger charge is -2.23. The fourth-order valence-electron chi connectivity index (χ4n) is 3.11. The molecule has 0 unspecified atom stereocenters. The Bertz CT molecular complexity index is 988. The number of anilines is 1. The molecule has 1 aliphatic rings. The number of hydrogen-bond acceptors (Lipinski definition) is 10. The predicted molar refractivity (Wildman–Crippen MR) is 105 cm³/mol. The van der Waals surface area contributed by atoms with Crippen LogP contribution in [0.15, 0.2) is 23.8 Å². The van der Waals surface area contributed by atoms with Crippen molar-refractivity contribution < 1.29 is 23.8 Å². The van der Waals surface area contributed by atoms with E-state index >= 15 is 0 Å². The van der Waals surface area contributed by atoms with Gasteiger partial charge in [-0.25, -0.2) is 4.98 Å². The molecule has 3 N–H and O–H groups in total. The Labute approximate surface area is 169 Å². The number of hydrogen-bond donors (Lipinski definition) is 2. The molecule has 2 aromatic rings. The van der Waals surface area contributed by atoms with Crippen LogP contribution < -0.4 is 11.3 Å². The zero-order valence-corrected chi connectivity index (χ0v) is 16.7. The van der Waals surface area contributed by atoms with Gasteiger partial charge in [0.05, 0.1) is 6.33 Å². The van der Waals surface area contributed by atoms with Crippen LogP contribution in [0.25, 0.3) is 11.2 Å². The number of nitrogens with zero attached hydrogens (tertiary/aromatic N) is 3. The number of esters is 2. The molecule has 0 aromatic carbocycles. The van der Waals surface area contributed by atoms with E-state index in [0.717, 1.165) is 0 Å². The number of H-pyrrole nitrogens is 1. The summed E-state index contributed by atoms with van der Waals surface area (Å²) in [4.78, 5) is 46.0. The van der Waals surface area contributed by atoms with Gasteiger partial charge >= 0.3 is 11.9 Å². The zero-order valence-electron chi connectivity index (χ0n) is 15.9. The highest BCUT2D eigenvalue weighted by Gasteiger charge is 2.50. The second-order valence-electron chi connectivity index (χ2n) is 6.31. The number of rotatable bonds is 7. The van der Waals surface area contributed by atoms with E-state index < -0.39 is 42.0 Å². The standard InChI is InChI=1S/C17H21N5O6S/c1-4-5-29-6-10-12(26-8(2)23)13(27-9(3)24)16(28-10)22-7-19-11-14(22)20-17(18)21-15(11)25/h4,7,10,12-13,16H,1,5-6H2,2-3H3,(H3,18,20,21,25)/t10-,12-,13-,16-/m1/s1. The number of aromatic amines is 1. The van der Waals surface area contributed by atoms with Crippen molar-refractivity contribution in [2.45, 2.75) is 38.4 Å². The zero-order chi connectivity index (χ0) is 21.1. The van der Waals surface area contributed by atoms with E-state index in [2.05, 4.69) is 21.5 Å². The van der Waals surface area contributed by atoms with Crippen molar-refractivity contribution in [1.82, 2.24) is 19.5 Å². The first kappa shape index (κ1) is 20.9. The first-order valence-corrected chi connectivity index (χ1v) is 9.88. The van der Waals surface area contributed by atoms with Gasteiger partial charge in [0.1, 0.15) is 6.10 Å². The summed E-state index contributed by atoms with van der Waals surface area (Å²) in [5.41, 5.74) is 5.36. The molecule has 29 heavy (non-hydrogen) atoms. The lowest BCUT2D eigenvalue weighted by atomic mass is 10.1. The predicted octanol–water partition coefficient (Wildman–Crippen LogP) is 0.382. The van der Waals surface area contributed by atoms with Gasteiger partial charge in [0.2, 0.25) is 5.95 Å². The van der Waals surface area contributed by atoms with Crippen LogP contribution in [0.4, 0.5) is 5.95 Å². The van der Waals surface area contributed by atoms with Crippen molar-refractivity contribution in [1.29, 1.82) is 0 Å². The Morgan fingerprint density at radius 1 is 1.38 bits per heavy atom. The summed E-state index contributed by atoms with van der Waals surface area (Å²) in [6.07, 6.45) is -0.228. The van der Waals surface area contributed by atoms with E-state index in [1.54, 1.807) is 6.08 Å². The van der Waals surface area contributed by atoms with Crippen LogP contribution in [-0.2, 0) is 23.8 Å². The lowest BCUT2D eigenvalue weighted by Crippen LogP contribution is -2.39. The Morgan fingerprint density at radius 2 is 2.07 bits per heavy atom. The van der Waals surface area contributed by atoms with E-state index in [0.29, 0.717) is 11.5 Å². The number of carbonyl (C=O) groups is 2. The normalized spacial score (nSPS) is 23.8. The minimum absolute atomic E-state index is 0.0536. The summed E-state index contributed by atoms with van der Waals surface area (Å²) in [6.45, 7) is 6.18. The molecule has 0 saturated carbocycles. The topological polar surface area (TPSA) is 151 Å². The van der Waals surface area contributed by atoms with Crippen molar-refractivity contribution in [2.24, 2.45) is 0 Å². The fraction of sp³-hybridized carbons (Fsp3) is 0.471. The molecule has 1 aliphatic heterocycles. The third kappa shape index (κ3) is 4.43. The second-order valence-corrected chi connectivity index (χ2v) is 7.39. The lowest BCUT2D eigenvalue weighted by molar-refractivity contribution is -0.165. The van der Waals surface area contributed by atoms with Crippen molar-refractivity contribution in [3.8, 4) is 0 Å². The number of nitrogens with one attached hydrogen (secondary N) is 1. The van der Waals surface area contributed by atoms with Crippen molar-refractivity contribution >= 4 is 40.8 Å². The van der Waals surface area contributed by atoms with Crippen LogP contribution in [-0.4, -0.2) is 61.3 Å². The van der Waals surface area contributed by atoms with Crippen molar-refractivity contribution in [3.05, 3.63) is 29.3 Å². The smallest absolute Gasteiger partial charge is 0.303 e. The largest absolute Gasteiger partial charge is 0.456 e. The van der Waals surface area contributed by atoms with Crippen molar-refractivity contribution in [3.63, 3.8) is 0 Å². The molecule has 4 atom stereocenters. The molecular formula is C17H21N5O6S. The van der Waals surface area contributed by atoms with Gasteiger partial charge in [-0.3, -0.25) is 23.9 Å². The molecular weight excluding hydrogens is 402 g/mol. The van der Waals surface area contributed by atoms with Crippen LogP contribution in [0.3, 0.4) is 0 Å². The molecule has 0 radical (unpaired) electrons. The maximum atomic E-state index is 12.1. The number of carbonyl (C=O) groups excluding carboxylic acids is 2. The van der Waals surface area contributed by atoms with E-state index in [-0.39, 0.29) is 17.1 Å². The highest BCUT2D eigenvalue weighted by Crippen LogP contribution is 2.36. The summed E-state index contributed by atoms with van der Waals surface area (Å²) in [5.74, 6) is -0.0851. The number of aromatic nitrogens is 4. The summed E-state index contributed by atoms with van der Waals surface area (Å²) in [5, 5.41) is 0. The Balaban J connectivity index is 2.03. The molecule has 0 amide bonds. The minimum atomic E-state index is -0.967. The SMILES string of the molecule is C=CCSC[C@H]1O[C@@H](n2cnc3c(=O)[nH]c(N)nc32)[C@H](OC(C)=O)[C@@H]1OC(C)=O. The first-order valence-electron chi connectivity index (χ1n) is 8.72. The molecule has 12 heteroatoms. The Kier molecular flexibility index (Phi) is 6.23. The number of imidazole rings is 1. The molecule has 1 saturated heterocycles. The molecule has 1 fully saturated rings. The number of ether oxygens (including phenoxy) is 3. The second kappa shape index (κ2) is 8.66. The molecule has 3 rings (SSSR count). The van der Waals surface area contributed by atoms with Crippen LogP contribution in [0.1, 0.15) is 20.1 Å². The van der Waals surface area contributed by atoms with Crippen LogP contribution in [0.2, 0.25) is 0 Å². The van der Waals surface area contributed by atoms with Gasteiger partial charge in [-0.05, 0) is 0 Å². The molecule has 0 spiro atoms. The Hall–Kier alpha value is -2.86. The van der Waals surface area contributed by atoms with Crippen LogP contribution in [0, 0.1) is 0 Å². The van der Waals surface area contributed by atoms with Crippen molar-refractivity contribution in [2.75, 3.05) is 17.2 Å². The maximum absolute atomic E-state index is 12.1. The Morgan fingerprint density at radius 3 is 2.72 bits per heavy atom. The monoisotopic (exact) mass is 423 g/mol. The average Bonchev–Trinajstić information content (AvgIpc) is 3.17. The van der Waals surface area contributed by atoms with E-state index in [1.807, 2.05) is 0 Å². The molecule has 156 valence electrons. The molecule has 3 heterocycles. The summed E-state index contributed by atoms with van der Waals surface area (Å²) in [6, 6.07) is 0. The highest BCUT2D eigenvalue weighted by molar-refractivity contribution is 7.99. The summed E-state index contributed by atoms with van der Waals surface area (Å²) in [7, 11) is 0. The first-order chi connectivity index (χ1) is 13.8. The summed E-state index contributed by atoms with van der Waals surface area (Å²) < 4.78 is 18.4. The minimum Gasteiger partial charge on any atom is -0.456 e. The number of nitrogen functional groups attached to an aromatic ring is 1. The number of nitrogens with two attached hydrogens (primary N) is 1.